The molecule has 0 aliphatic carbocycles. The fourth-order valence-electron chi connectivity index (χ4n) is 2.94. The Kier molecular flexibility index (Phi) is 9.29. The van der Waals surface area contributed by atoms with Crippen LogP contribution in [0.3, 0.4) is 0 Å². The van der Waals surface area contributed by atoms with Crippen molar-refractivity contribution in [1.29, 1.82) is 0 Å². The number of carbonyl (C=O) groups is 2. The zero-order valence-electron chi connectivity index (χ0n) is 19.0. The van der Waals surface area contributed by atoms with Gasteiger partial charge in [0.1, 0.15) is 12.3 Å². The quantitative estimate of drug-likeness (QED) is 0.294. The summed E-state index contributed by atoms with van der Waals surface area (Å²) < 4.78 is 30.6. The first-order valence-electron chi connectivity index (χ1n) is 10.4. The maximum atomic E-state index is 12.3. The second kappa shape index (κ2) is 12.4. The summed E-state index contributed by atoms with van der Waals surface area (Å²) in [5, 5.41) is 7.39. The third-order valence-corrected chi connectivity index (χ3v) is 6.16. The average Bonchev–Trinajstić information content (AvgIpc) is 2.81. The van der Waals surface area contributed by atoms with Gasteiger partial charge in [0.2, 0.25) is 10.0 Å². The van der Waals surface area contributed by atoms with E-state index in [1.54, 1.807) is 60.7 Å². The molecule has 0 fully saturated rings. The molecule has 3 aromatic carbocycles. The predicted octanol–water partition coefficient (Wildman–Crippen LogP) is 3.93. The van der Waals surface area contributed by atoms with Gasteiger partial charge in [-0.15, -0.1) is 0 Å². The lowest BCUT2D eigenvalue weighted by atomic mass is 10.2. The molecule has 188 valence electrons. The van der Waals surface area contributed by atoms with E-state index < -0.39 is 22.5 Å². The Hall–Kier alpha value is -3.60. The van der Waals surface area contributed by atoms with Crippen molar-refractivity contribution in [2.45, 2.75) is 0 Å². The summed E-state index contributed by atoms with van der Waals surface area (Å²) in [7, 11) is -3.73. The Morgan fingerprint density at radius 3 is 2.28 bits per heavy atom. The second-order valence-electron chi connectivity index (χ2n) is 7.46. The fraction of sp³-hybridized carbons (Fsp3) is 0.125. The zero-order chi connectivity index (χ0) is 26.1. The van der Waals surface area contributed by atoms with Gasteiger partial charge in [-0.2, -0.15) is 5.10 Å². The number of nitrogens with one attached hydrogen (secondary N) is 2. The minimum atomic E-state index is -3.73. The monoisotopic (exact) mass is 548 g/mol. The van der Waals surface area contributed by atoms with Crippen molar-refractivity contribution in [3.05, 3.63) is 88.4 Å². The molecule has 0 unspecified atom stereocenters. The largest absolute Gasteiger partial charge is 0.484 e. The summed E-state index contributed by atoms with van der Waals surface area (Å²) >= 11 is 11.8. The summed E-state index contributed by atoms with van der Waals surface area (Å²) in [5.41, 5.74) is 3.77. The molecule has 0 heterocycles. The average molecular weight is 549 g/mol. The third-order valence-electron chi connectivity index (χ3n) is 4.55. The van der Waals surface area contributed by atoms with Crippen molar-refractivity contribution in [3.8, 4) is 5.75 Å². The molecule has 0 spiro atoms. The van der Waals surface area contributed by atoms with Gasteiger partial charge >= 0.3 is 0 Å². The van der Waals surface area contributed by atoms with Crippen molar-refractivity contribution in [1.82, 2.24) is 5.43 Å². The molecule has 3 rings (SSSR count). The van der Waals surface area contributed by atoms with Crippen molar-refractivity contribution < 1.29 is 22.7 Å². The van der Waals surface area contributed by atoms with Gasteiger partial charge in [0.25, 0.3) is 11.8 Å². The standard InChI is InChI=1S/C24H22Cl2N4O5S/c1-36(33,34)30(21-7-3-5-19(26)13-21)15-23(31)29-27-14-17-8-10-22(11-9-17)35-16-24(32)28-20-6-2-4-18(25)12-20/h2-14H,15-16H2,1H3,(H,28,32)(H,29,31)/b27-14-. The number of benzene rings is 3. The van der Waals surface area contributed by atoms with E-state index in [2.05, 4.69) is 15.8 Å². The third kappa shape index (κ3) is 8.56. The molecular weight excluding hydrogens is 527 g/mol. The van der Waals surface area contributed by atoms with Crippen LogP contribution in [0.1, 0.15) is 5.56 Å². The molecule has 0 radical (unpaired) electrons. The zero-order valence-corrected chi connectivity index (χ0v) is 21.3. The number of halogens is 2. The van der Waals surface area contributed by atoms with Crippen molar-refractivity contribution >= 4 is 62.6 Å². The highest BCUT2D eigenvalue weighted by molar-refractivity contribution is 7.92. The first-order valence-corrected chi connectivity index (χ1v) is 13.0. The maximum Gasteiger partial charge on any atom is 0.262 e. The van der Waals surface area contributed by atoms with Crippen LogP contribution in [0.4, 0.5) is 11.4 Å². The molecule has 0 aliphatic heterocycles. The lowest BCUT2D eigenvalue weighted by Crippen LogP contribution is -2.39. The minimum absolute atomic E-state index is 0.195. The lowest BCUT2D eigenvalue weighted by molar-refractivity contribution is -0.119. The molecule has 0 bridgehead atoms. The van der Waals surface area contributed by atoms with Crippen LogP contribution in [0.5, 0.6) is 5.75 Å². The number of carbonyl (C=O) groups excluding carboxylic acids is 2. The van der Waals surface area contributed by atoms with Gasteiger partial charge in [-0.1, -0.05) is 35.3 Å². The van der Waals surface area contributed by atoms with Crippen molar-refractivity contribution in [3.63, 3.8) is 0 Å². The Balaban J connectivity index is 1.49. The summed E-state index contributed by atoms with van der Waals surface area (Å²) in [6.07, 6.45) is 2.38. The summed E-state index contributed by atoms with van der Waals surface area (Å²) in [6, 6.07) is 19.6. The summed E-state index contributed by atoms with van der Waals surface area (Å²) in [4.78, 5) is 24.3. The van der Waals surface area contributed by atoms with E-state index in [-0.39, 0.29) is 18.2 Å². The summed E-state index contributed by atoms with van der Waals surface area (Å²) in [5.74, 6) is -0.517. The van der Waals surface area contributed by atoms with Crippen molar-refractivity contribution in [2.24, 2.45) is 5.10 Å². The second-order valence-corrected chi connectivity index (χ2v) is 10.2. The van der Waals surface area contributed by atoms with Crippen molar-refractivity contribution in [2.75, 3.05) is 29.0 Å². The number of ether oxygens (including phenoxy) is 1. The van der Waals surface area contributed by atoms with E-state index in [4.69, 9.17) is 27.9 Å². The van der Waals surface area contributed by atoms with E-state index in [0.717, 1.165) is 10.6 Å². The SMILES string of the molecule is CS(=O)(=O)N(CC(=O)N/N=C\c1ccc(OCC(=O)Nc2cccc(Cl)c2)cc1)c1cccc(Cl)c1. The van der Waals surface area contributed by atoms with Gasteiger partial charge in [-0.25, -0.2) is 13.8 Å². The molecule has 0 aromatic heterocycles. The first-order chi connectivity index (χ1) is 17.1. The van der Waals surface area contributed by atoms with Gasteiger partial charge < -0.3 is 10.1 Å². The molecule has 0 saturated heterocycles. The van der Waals surface area contributed by atoms with E-state index in [0.29, 0.717) is 27.0 Å². The van der Waals surface area contributed by atoms with E-state index >= 15 is 0 Å². The predicted molar refractivity (Wildman–Crippen MR) is 141 cm³/mol. The number of anilines is 2. The van der Waals surface area contributed by atoms with Crippen LogP contribution in [0, 0.1) is 0 Å². The normalized spacial score (nSPS) is 11.2. The topological polar surface area (TPSA) is 117 Å². The van der Waals surface area contributed by atoms with Crippen LogP contribution >= 0.6 is 23.2 Å². The van der Waals surface area contributed by atoms with Crippen LogP contribution in [0.25, 0.3) is 0 Å². The highest BCUT2D eigenvalue weighted by atomic mass is 35.5. The Morgan fingerprint density at radius 2 is 1.64 bits per heavy atom. The number of sulfonamides is 1. The number of hydrogen-bond donors (Lipinski definition) is 2. The smallest absolute Gasteiger partial charge is 0.262 e. The van der Waals surface area contributed by atoms with Gasteiger partial charge in [0.15, 0.2) is 6.61 Å². The molecule has 2 amide bonds. The Labute approximate surface area is 218 Å². The number of nitrogens with zero attached hydrogens (tertiary/aromatic N) is 2. The molecule has 0 saturated carbocycles. The number of amides is 2. The Morgan fingerprint density at radius 1 is 0.972 bits per heavy atom. The number of hydrogen-bond acceptors (Lipinski definition) is 6. The molecule has 9 nitrogen and oxygen atoms in total. The van der Waals surface area contributed by atoms with Crippen LogP contribution in [-0.4, -0.2) is 45.9 Å². The van der Waals surface area contributed by atoms with Gasteiger partial charge in [0, 0.05) is 15.7 Å². The Bertz CT molecular complexity index is 1360. The van der Waals surface area contributed by atoms with E-state index in [1.807, 2.05) is 0 Å². The highest BCUT2D eigenvalue weighted by Crippen LogP contribution is 2.21. The first kappa shape index (κ1) is 27.0. The molecule has 36 heavy (non-hydrogen) atoms. The highest BCUT2D eigenvalue weighted by Gasteiger charge is 2.20. The maximum absolute atomic E-state index is 12.3. The van der Waals surface area contributed by atoms with Crippen LogP contribution < -0.4 is 19.8 Å². The minimum Gasteiger partial charge on any atom is -0.484 e. The molecule has 2 N–H and O–H groups in total. The summed E-state index contributed by atoms with van der Waals surface area (Å²) in [6.45, 7) is -0.667. The lowest BCUT2D eigenvalue weighted by Gasteiger charge is -2.21. The number of rotatable bonds is 10. The van der Waals surface area contributed by atoms with Gasteiger partial charge in [-0.05, 0) is 66.2 Å². The van der Waals surface area contributed by atoms with Crippen LogP contribution in [0.2, 0.25) is 10.0 Å². The van der Waals surface area contributed by atoms with E-state index in [1.165, 1.54) is 18.3 Å². The molecule has 0 aliphatic rings. The van der Waals surface area contributed by atoms with Gasteiger partial charge in [-0.3, -0.25) is 13.9 Å². The van der Waals surface area contributed by atoms with Crippen LogP contribution in [0.15, 0.2) is 77.9 Å². The number of hydrazone groups is 1. The van der Waals surface area contributed by atoms with E-state index in [9.17, 15) is 18.0 Å². The molecule has 0 atom stereocenters. The van der Waals surface area contributed by atoms with Gasteiger partial charge in [0.05, 0.1) is 18.2 Å². The van der Waals surface area contributed by atoms with Crippen LogP contribution in [-0.2, 0) is 19.6 Å². The molecular formula is C24H22Cl2N4O5S. The molecule has 3 aromatic rings. The fourth-order valence-corrected chi connectivity index (χ4v) is 4.16. The molecule has 12 heteroatoms.